The van der Waals surface area contributed by atoms with E-state index in [1.807, 2.05) is 7.05 Å². The highest BCUT2D eigenvalue weighted by atomic mass is 15.1. The van der Waals surface area contributed by atoms with E-state index in [0.29, 0.717) is 5.92 Å². The van der Waals surface area contributed by atoms with Gasteiger partial charge >= 0.3 is 0 Å². The highest BCUT2D eigenvalue weighted by molar-refractivity contribution is 5.44. The molecule has 0 rings (SSSR count). The predicted molar refractivity (Wildman–Crippen MR) is 95.4 cm³/mol. The Morgan fingerprint density at radius 3 is 1.61 bits per heavy atom. The molecule has 1 nitrogen and oxygen atoms in total. The maximum absolute atomic E-state index is 2.98. The topological polar surface area (TPSA) is 4.44 Å². The molecule has 0 heterocycles. The molecule has 0 aromatic heterocycles. The zero-order chi connectivity index (χ0) is 17.2. The van der Waals surface area contributed by atoms with E-state index in [0.717, 1.165) is 11.3 Å². The largest absolute Gasteiger partial charge is 0.252 e. The molecule has 0 amide bonds. The molecule has 0 saturated heterocycles. The van der Waals surface area contributed by atoms with Gasteiger partial charge in [-0.2, -0.15) is 0 Å². The minimum absolute atomic E-state index is 0.713. The molecule has 0 bridgehead atoms. The Hall–Kier alpha value is -3.12. The third kappa shape index (κ3) is 16.8. The molecule has 1 N–H and O–H groups in total. The first-order chi connectivity index (χ1) is 11.2. The van der Waals surface area contributed by atoms with Crippen molar-refractivity contribution in [2.24, 2.45) is 5.92 Å². The second-order valence-electron chi connectivity index (χ2n) is 4.73. The van der Waals surface area contributed by atoms with Crippen LogP contribution in [0.3, 0.4) is 0 Å². The lowest BCUT2D eigenvalue weighted by molar-refractivity contribution is -0.773. The maximum Gasteiger partial charge on any atom is 0.153 e. The number of nitrogens with one attached hydrogen (secondary N) is 1. The molecule has 0 aliphatic rings. The summed E-state index contributed by atoms with van der Waals surface area (Å²) in [7, 11) is 1.99. The fraction of sp³-hybridized carbons (Fsp3) is 0.318. The van der Waals surface area contributed by atoms with Gasteiger partial charge in [-0.15, -0.1) is 0 Å². The molecule has 0 aromatic carbocycles. The minimum atomic E-state index is 0.713. The molecular weight excluding hydrogens is 278 g/mol. The first-order valence-corrected chi connectivity index (χ1v) is 7.26. The SMILES string of the molecule is CC#CC#CC#CC#CC#CC#CC#C[NH+](C)[CH]CCC(C)C. The van der Waals surface area contributed by atoms with Crippen molar-refractivity contribution in [3.63, 3.8) is 0 Å². The van der Waals surface area contributed by atoms with Crippen LogP contribution < -0.4 is 4.90 Å². The summed E-state index contributed by atoms with van der Waals surface area (Å²) in [6.07, 6.45) is 2.23. The predicted octanol–water partition coefficient (Wildman–Crippen LogP) is 1.10. The van der Waals surface area contributed by atoms with E-state index in [-0.39, 0.29) is 0 Å². The molecule has 1 atom stereocenters. The minimum Gasteiger partial charge on any atom is -0.252 e. The van der Waals surface area contributed by atoms with Gasteiger partial charge in [-0.05, 0) is 54.8 Å². The second-order valence-corrected chi connectivity index (χ2v) is 4.73. The molecule has 23 heavy (non-hydrogen) atoms. The van der Waals surface area contributed by atoms with Gasteiger partial charge in [-0.25, -0.2) is 0 Å². The van der Waals surface area contributed by atoms with Crippen molar-refractivity contribution >= 4 is 0 Å². The van der Waals surface area contributed by atoms with Gasteiger partial charge in [-0.1, -0.05) is 19.8 Å². The van der Waals surface area contributed by atoms with E-state index >= 15 is 0 Å². The van der Waals surface area contributed by atoms with E-state index < -0.39 is 0 Å². The van der Waals surface area contributed by atoms with Crippen molar-refractivity contribution in [3.05, 3.63) is 6.54 Å². The summed E-state index contributed by atoms with van der Waals surface area (Å²) in [6, 6.07) is 2.98. The molecular formula is C22H19N+. The summed E-state index contributed by atoms with van der Waals surface area (Å²) in [4.78, 5) is 1.04. The molecule has 1 heteroatoms. The van der Waals surface area contributed by atoms with Gasteiger partial charge in [0, 0.05) is 36.0 Å². The average Bonchev–Trinajstić information content (AvgIpc) is 2.51. The molecule has 1 radical (unpaired) electrons. The van der Waals surface area contributed by atoms with Gasteiger partial charge in [0.15, 0.2) is 6.54 Å². The summed E-state index contributed by atoms with van der Waals surface area (Å²) in [5.74, 6) is 34.5. The van der Waals surface area contributed by atoms with Crippen LogP contribution in [-0.4, -0.2) is 7.05 Å². The normalized spacial score (nSPS) is 8.04. The van der Waals surface area contributed by atoms with Crippen LogP contribution in [0.4, 0.5) is 0 Å². The van der Waals surface area contributed by atoms with Gasteiger partial charge in [0.25, 0.3) is 0 Å². The van der Waals surface area contributed by atoms with E-state index in [1.54, 1.807) is 6.92 Å². The van der Waals surface area contributed by atoms with Crippen molar-refractivity contribution < 1.29 is 4.90 Å². The van der Waals surface area contributed by atoms with Crippen LogP contribution in [0.1, 0.15) is 33.6 Å². The van der Waals surface area contributed by atoms with Crippen molar-refractivity contribution in [2.45, 2.75) is 33.6 Å². The van der Waals surface area contributed by atoms with Crippen LogP contribution >= 0.6 is 0 Å². The fourth-order valence-corrected chi connectivity index (χ4v) is 1.19. The Morgan fingerprint density at radius 1 is 0.739 bits per heavy atom. The Labute approximate surface area is 141 Å². The van der Waals surface area contributed by atoms with E-state index in [9.17, 15) is 0 Å². The zero-order valence-electron chi connectivity index (χ0n) is 14.1. The summed E-state index contributed by atoms with van der Waals surface area (Å²) >= 11 is 0. The van der Waals surface area contributed by atoms with E-state index in [1.165, 1.54) is 6.42 Å². The molecule has 0 aromatic rings. The van der Waals surface area contributed by atoms with Crippen LogP contribution in [-0.2, 0) is 0 Å². The standard InChI is InChI=1S/C22H19N/c1-5-6-7-8-9-10-11-12-13-14-15-16-17-20-23(4)21-18-19-22(2)3/h21-23H,18-19H2,1-4H3/q+1. The maximum atomic E-state index is 2.98. The molecule has 0 aliphatic carbocycles. The Morgan fingerprint density at radius 2 is 1.17 bits per heavy atom. The van der Waals surface area contributed by atoms with Gasteiger partial charge in [0.2, 0.25) is 0 Å². The highest BCUT2D eigenvalue weighted by Gasteiger charge is 2.00. The quantitative estimate of drug-likeness (QED) is 0.741. The van der Waals surface area contributed by atoms with E-state index in [4.69, 9.17) is 0 Å². The van der Waals surface area contributed by atoms with Crippen LogP contribution in [0.2, 0.25) is 0 Å². The number of rotatable bonds is 4. The van der Waals surface area contributed by atoms with Crippen molar-refractivity contribution in [1.29, 1.82) is 0 Å². The Kier molecular flexibility index (Phi) is 13.2. The molecule has 111 valence electrons. The van der Waals surface area contributed by atoms with Gasteiger partial charge in [-0.3, -0.25) is 4.90 Å². The first kappa shape index (κ1) is 19.9. The average molecular weight is 297 g/mol. The number of hydrogen-bond acceptors (Lipinski definition) is 0. The van der Waals surface area contributed by atoms with Crippen molar-refractivity contribution in [1.82, 2.24) is 0 Å². The smallest absolute Gasteiger partial charge is 0.153 e. The van der Waals surface area contributed by atoms with Crippen molar-refractivity contribution in [3.8, 4) is 83.0 Å². The van der Waals surface area contributed by atoms with E-state index in [2.05, 4.69) is 103 Å². The van der Waals surface area contributed by atoms with Crippen LogP contribution in [0.15, 0.2) is 0 Å². The summed E-state index contributed by atoms with van der Waals surface area (Å²) < 4.78 is 0. The van der Waals surface area contributed by atoms with Crippen LogP contribution in [0.25, 0.3) is 0 Å². The molecule has 0 saturated carbocycles. The number of quaternary nitrogens is 1. The monoisotopic (exact) mass is 297 g/mol. The lowest BCUT2D eigenvalue weighted by Crippen LogP contribution is -3.02. The highest BCUT2D eigenvalue weighted by Crippen LogP contribution is 2.02. The molecule has 0 spiro atoms. The Balaban J connectivity index is 4.19. The van der Waals surface area contributed by atoms with Crippen molar-refractivity contribution in [2.75, 3.05) is 7.05 Å². The molecule has 0 fully saturated rings. The fourth-order valence-electron chi connectivity index (χ4n) is 1.19. The lowest BCUT2D eigenvalue weighted by Gasteiger charge is -2.04. The molecule has 1 unspecified atom stereocenters. The summed E-state index contributed by atoms with van der Waals surface area (Å²) in [5.41, 5.74) is 0. The third-order valence-electron chi connectivity index (χ3n) is 2.27. The third-order valence-corrected chi connectivity index (χ3v) is 2.27. The van der Waals surface area contributed by atoms with Gasteiger partial charge in [0.05, 0.1) is 13.0 Å². The van der Waals surface area contributed by atoms with Gasteiger partial charge < -0.3 is 0 Å². The van der Waals surface area contributed by atoms with Gasteiger partial charge in [0.1, 0.15) is 6.04 Å². The zero-order valence-corrected chi connectivity index (χ0v) is 14.1. The summed E-state index contributed by atoms with van der Waals surface area (Å²) in [5, 5.41) is 0. The molecule has 0 aliphatic heterocycles. The Bertz CT molecular complexity index is 793. The number of hydrogen-bond donors (Lipinski definition) is 1. The van der Waals surface area contributed by atoms with Crippen LogP contribution in [0, 0.1) is 95.5 Å². The summed E-state index contributed by atoms with van der Waals surface area (Å²) in [6.45, 7) is 8.27. The second kappa shape index (κ2) is 15.3. The first-order valence-electron chi connectivity index (χ1n) is 7.26. The lowest BCUT2D eigenvalue weighted by atomic mass is 10.1. The van der Waals surface area contributed by atoms with Crippen LogP contribution in [0.5, 0.6) is 0 Å².